The number of amides is 1. The van der Waals surface area contributed by atoms with E-state index >= 15 is 0 Å². The SMILES string of the molecule is O=C1CC(Br)CN1c1ccc(F)cc1Cl. The first-order valence-electron chi connectivity index (χ1n) is 4.47. The Hall–Kier alpha value is -0.610. The van der Waals surface area contributed by atoms with E-state index in [0.717, 1.165) is 0 Å². The van der Waals surface area contributed by atoms with E-state index in [1.165, 1.54) is 18.2 Å². The van der Waals surface area contributed by atoms with Gasteiger partial charge in [-0.1, -0.05) is 27.5 Å². The van der Waals surface area contributed by atoms with Gasteiger partial charge < -0.3 is 4.90 Å². The first-order valence-corrected chi connectivity index (χ1v) is 5.77. The lowest BCUT2D eigenvalue weighted by atomic mass is 10.3. The number of hydrogen-bond donors (Lipinski definition) is 0. The molecule has 5 heteroatoms. The number of carbonyl (C=O) groups is 1. The van der Waals surface area contributed by atoms with Crippen molar-refractivity contribution in [3.05, 3.63) is 29.0 Å². The molecule has 0 aliphatic carbocycles. The normalized spacial score (nSPS) is 21.1. The standard InChI is InChI=1S/C10H8BrClFNO/c11-6-3-10(15)14(5-6)9-2-1-7(13)4-8(9)12/h1-2,4,6H,3,5H2. The average molecular weight is 293 g/mol. The highest BCUT2D eigenvalue weighted by Crippen LogP contribution is 2.31. The Balaban J connectivity index is 2.34. The molecule has 0 bridgehead atoms. The third-order valence-corrected chi connectivity index (χ3v) is 3.19. The fraction of sp³-hybridized carbons (Fsp3) is 0.300. The van der Waals surface area contributed by atoms with Gasteiger partial charge in [-0.15, -0.1) is 0 Å². The molecule has 2 nitrogen and oxygen atoms in total. The Kier molecular flexibility index (Phi) is 2.98. The molecular weight excluding hydrogens is 284 g/mol. The lowest BCUT2D eigenvalue weighted by molar-refractivity contribution is -0.117. The Morgan fingerprint density at radius 3 is 2.80 bits per heavy atom. The first-order chi connectivity index (χ1) is 7.08. The molecule has 0 spiro atoms. The quantitative estimate of drug-likeness (QED) is 0.729. The summed E-state index contributed by atoms with van der Waals surface area (Å²) in [5, 5.41) is 0.268. The molecule has 1 aliphatic heterocycles. The van der Waals surface area contributed by atoms with Crippen molar-refractivity contribution >= 4 is 39.1 Å². The summed E-state index contributed by atoms with van der Waals surface area (Å²) in [5.74, 6) is -0.392. The Morgan fingerprint density at radius 2 is 2.27 bits per heavy atom. The van der Waals surface area contributed by atoms with Crippen molar-refractivity contribution in [1.29, 1.82) is 0 Å². The second-order valence-corrected chi connectivity index (χ2v) is 5.10. The highest BCUT2D eigenvalue weighted by molar-refractivity contribution is 9.09. The molecule has 2 rings (SSSR count). The van der Waals surface area contributed by atoms with Crippen LogP contribution in [0.2, 0.25) is 5.02 Å². The zero-order valence-electron chi connectivity index (χ0n) is 7.71. The van der Waals surface area contributed by atoms with Crippen LogP contribution in [0.5, 0.6) is 0 Å². The Bertz CT molecular complexity index is 412. The van der Waals surface area contributed by atoms with Crippen molar-refractivity contribution in [3.8, 4) is 0 Å². The van der Waals surface area contributed by atoms with Gasteiger partial charge in [0.15, 0.2) is 0 Å². The zero-order valence-corrected chi connectivity index (χ0v) is 10.1. The molecule has 1 amide bonds. The van der Waals surface area contributed by atoms with Crippen LogP contribution in [0, 0.1) is 5.82 Å². The predicted molar refractivity (Wildman–Crippen MR) is 61.1 cm³/mol. The largest absolute Gasteiger partial charge is 0.310 e. The zero-order chi connectivity index (χ0) is 11.0. The van der Waals surface area contributed by atoms with Crippen molar-refractivity contribution in [3.63, 3.8) is 0 Å². The van der Waals surface area contributed by atoms with E-state index in [2.05, 4.69) is 15.9 Å². The van der Waals surface area contributed by atoms with Crippen molar-refractivity contribution in [2.45, 2.75) is 11.2 Å². The number of alkyl halides is 1. The fourth-order valence-corrected chi connectivity index (χ4v) is 2.43. The van der Waals surface area contributed by atoms with E-state index in [0.29, 0.717) is 18.7 Å². The summed E-state index contributed by atoms with van der Waals surface area (Å²) in [6, 6.07) is 4.04. The van der Waals surface area contributed by atoms with Crippen molar-refractivity contribution < 1.29 is 9.18 Å². The van der Waals surface area contributed by atoms with Gasteiger partial charge in [0, 0.05) is 17.8 Å². The van der Waals surface area contributed by atoms with Crippen LogP contribution in [0.1, 0.15) is 6.42 Å². The van der Waals surface area contributed by atoms with Crippen LogP contribution in [-0.2, 0) is 4.79 Å². The van der Waals surface area contributed by atoms with Gasteiger partial charge in [-0.25, -0.2) is 4.39 Å². The summed E-state index contributed by atoms with van der Waals surface area (Å²) in [5.41, 5.74) is 0.574. The molecule has 1 atom stereocenters. The number of carbonyl (C=O) groups excluding carboxylic acids is 1. The number of nitrogens with zero attached hydrogens (tertiary/aromatic N) is 1. The van der Waals surface area contributed by atoms with Gasteiger partial charge in [0.25, 0.3) is 0 Å². The van der Waals surface area contributed by atoms with E-state index in [-0.39, 0.29) is 15.8 Å². The highest BCUT2D eigenvalue weighted by Gasteiger charge is 2.29. The van der Waals surface area contributed by atoms with Gasteiger partial charge in [-0.3, -0.25) is 4.79 Å². The third-order valence-electron chi connectivity index (χ3n) is 2.28. The summed E-state index contributed by atoms with van der Waals surface area (Å²) < 4.78 is 12.8. The molecule has 80 valence electrons. The van der Waals surface area contributed by atoms with E-state index in [4.69, 9.17) is 11.6 Å². The second-order valence-electron chi connectivity index (χ2n) is 3.40. The summed E-state index contributed by atoms with van der Waals surface area (Å²) in [7, 11) is 0. The smallest absolute Gasteiger partial charge is 0.228 e. The molecule has 1 aromatic rings. The van der Waals surface area contributed by atoms with Crippen LogP contribution in [0.25, 0.3) is 0 Å². The van der Waals surface area contributed by atoms with Crippen LogP contribution < -0.4 is 4.90 Å². The first kappa shape index (κ1) is 10.9. The topological polar surface area (TPSA) is 20.3 Å². The predicted octanol–water partition coefficient (Wildman–Crippen LogP) is 2.98. The summed E-state index contributed by atoms with van der Waals surface area (Å²) >= 11 is 9.25. The molecule has 1 saturated heterocycles. The number of rotatable bonds is 1. The van der Waals surface area contributed by atoms with Crippen LogP contribution in [-0.4, -0.2) is 17.3 Å². The summed E-state index contributed by atoms with van der Waals surface area (Å²) in [6.07, 6.45) is 0.452. The number of benzene rings is 1. The number of hydrogen-bond acceptors (Lipinski definition) is 1. The van der Waals surface area contributed by atoms with Crippen molar-refractivity contribution in [1.82, 2.24) is 0 Å². The molecule has 1 heterocycles. The van der Waals surface area contributed by atoms with Crippen LogP contribution in [0.4, 0.5) is 10.1 Å². The molecule has 0 aromatic heterocycles. The summed E-state index contributed by atoms with van der Waals surface area (Å²) in [6.45, 7) is 0.574. The van der Waals surface area contributed by atoms with Crippen molar-refractivity contribution in [2.24, 2.45) is 0 Å². The van der Waals surface area contributed by atoms with Crippen LogP contribution in [0.3, 0.4) is 0 Å². The van der Waals surface area contributed by atoms with Gasteiger partial charge in [-0.2, -0.15) is 0 Å². The van der Waals surface area contributed by atoms with Crippen molar-refractivity contribution in [2.75, 3.05) is 11.4 Å². The molecule has 1 unspecified atom stereocenters. The number of anilines is 1. The maximum absolute atomic E-state index is 12.8. The van der Waals surface area contributed by atoms with E-state index in [1.807, 2.05) is 0 Å². The molecule has 0 N–H and O–H groups in total. The lowest BCUT2D eigenvalue weighted by Gasteiger charge is -2.17. The highest BCUT2D eigenvalue weighted by atomic mass is 79.9. The molecule has 15 heavy (non-hydrogen) atoms. The van der Waals surface area contributed by atoms with Crippen LogP contribution >= 0.6 is 27.5 Å². The van der Waals surface area contributed by atoms with Gasteiger partial charge in [0.05, 0.1) is 10.7 Å². The van der Waals surface area contributed by atoms with E-state index in [9.17, 15) is 9.18 Å². The second kappa shape index (κ2) is 4.10. The molecule has 0 radical (unpaired) electrons. The minimum atomic E-state index is -0.397. The maximum Gasteiger partial charge on any atom is 0.228 e. The van der Waals surface area contributed by atoms with Gasteiger partial charge in [0.2, 0.25) is 5.91 Å². The maximum atomic E-state index is 12.8. The minimum Gasteiger partial charge on any atom is -0.310 e. The van der Waals surface area contributed by atoms with Gasteiger partial charge in [-0.05, 0) is 18.2 Å². The lowest BCUT2D eigenvalue weighted by Crippen LogP contribution is -2.24. The van der Waals surface area contributed by atoms with E-state index < -0.39 is 5.82 Å². The molecule has 1 aliphatic rings. The van der Waals surface area contributed by atoms with Crippen LogP contribution in [0.15, 0.2) is 18.2 Å². The Labute approximate surface area is 100 Å². The van der Waals surface area contributed by atoms with Gasteiger partial charge >= 0.3 is 0 Å². The Morgan fingerprint density at radius 1 is 1.53 bits per heavy atom. The average Bonchev–Trinajstić information content (AvgIpc) is 2.45. The number of halogens is 3. The van der Waals surface area contributed by atoms with E-state index in [1.54, 1.807) is 4.90 Å². The molecule has 1 aromatic carbocycles. The minimum absolute atomic E-state index is 0.00498. The fourth-order valence-electron chi connectivity index (χ4n) is 1.60. The molecule has 0 saturated carbocycles. The van der Waals surface area contributed by atoms with Gasteiger partial charge in [0.1, 0.15) is 5.82 Å². The molecular formula is C10H8BrClFNO. The third kappa shape index (κ3) is 2.16. The monoisotopic (exact) mass is 291 g/mol. The molecule has 1 fully saturated rings. The summed E-state index contributed by atoms with van der Waals surface area (Å²) in [4.78, 5) is 13.3.